The monoisotopic (exact) mass is 268 g/mol. The summed E-state index contributed by atoms with van der Waals surface area (Å²) in [4.78, 5) is 14.0. The molecule has 1 amide bonds. The molecule has 1 aromatic rings. The van der Waals surface area contributed by atoms with Crippen molar-refractivity contribution in [2.75, 3.05) is 12.8 Å². The predicted molar refractivity (Wildman–Crippen MR) is 72.5 cm³/mol. The van der Waals surface area contributed by atoms with Crippen molar-refractivity contribution in [2.45, 2.75) is 45.0 Å². The first-order valence-corrected chi connectivity index (χ1v) is 7.57. The minimum absolute atomic E-state index is 0.0176. The number of carbonyl (C=O) groups excluding carboxylic acids is 1. The van der Waals surface area contributed by atoms with E-state index in [9.17, 15) is 4.79 Å². The first-order chi connectivity index (χ1) is 8.54. The van der Waals surface area contributed by atoms with Crippen LogP contribution in [0, 0.1) is 0 Å². The van der Waals surface area contributed by atoms with Crippen LogP contribution in [0.25, 0.3) is 0 Å². The van der Waals surface area contributed by atoms with Gasteiger partial charge in [0.1, 0.15) is 5.82 Å². The number of carbonyl (C=O) groups is 1. The van der Waals surface area contributed by atoms with Crippen LogP contribution in [0.4, 0.5) is 0 Å². The second kappa shape index (κ2) is 5.30. The molecule has 1 aliphatic heterocycles. The maximum Gasteiger partial charge on any atom is 0.235 e. The highest BCUT2D eigenvalue weighted by atomic mass is 32.2. The number of amides is 1. The predicted octanol–water partition coefficient (Wildman–Crippen LogP) is 1.50. The van der Waals surface area contributed by atoms with Crippen LogP contribution in [0.15, 0.2) is 0 Å². The van der Waals surface area contributed by atoms with Gasteiger partial charge in [0.25, 0.3) is 0 Å². The standard InChI is InChI=1S/C12H20N4OS/c1-8(2)11-14-13-10-7-15(5-6-16(10)11)12(17)9(3)18-4/h8-9H,5-7H2,1-4H3/t9-/m1/s1. The molecule has 1 aromatic heterocycles. The fraction of sp³-hybridized carbons (Fsp3) is 0.750. The van der Waals surface area contributed by atoms with Crippen LogP contribution in [-0.2, 0) is 17.9 Å². The average molecular weight is 268 g/mol. The summed E-state index contributed by atoms with van der Waals surface area (Å²) in [5.41, 5.74) is 0. The number of fused-ring (bicyclic) bond motifs is 1. The third-order valence-electron chi connectivity index (χ3n) is 3.31. The van der Waals surface area contributed by atoms with Gasteiger partial charge in [-0.15, -0.1) is 10.2 Å². The molecule has 0 radical (unpaired) electrons. The lowest BCUT2D eigenvalue weighted by Crippen LogP contribution is -2.42. The molecular weight excluding hydrogens is 248 g/mol. The third-order valence-corrected chi connectivity index (χ3v) is 4.22. The zero-order valence-corrected chi connectivity index (χ0v) is 12.2. The third kappa shape index (κ3) is 2.39. The lowest BCUT2D eigenvalue weighted by atomic mass is 10.2. The van der Waals surface area contributed by atoms with Gasteiger partial charge in [-0.3, -0.25) is 4.79 Å². The van der Waals surface area contributed by atoms with Gasteiger partial charge in [0, 0.05) is 19.0 Å². The Labute approximate surface area is 112 Å². The summed E-state index contributed by atoms with van der Waals surface area (Å²) in [6.45, 7) is 8.34. The van der Waals surface area contributed by atoms with E-state index in [1.807, 2.05) is 18.1 Å². The van der Waals surface area contributed by atoms with Gasteiger partial charge in [0.2, 0.25) is 5.91 Å². The molecule has 18 heavy (non-hydrogen) atoms. The van der Waals surface area contributed by atoms with E-state index < -0.39 is 0 Å². The minimum atomic E-state index is 0.0176. The van der Waals surface area contributed by atoms with E-state index in [1.165, 1.54) is 0 Å². The maximum absolute atomic E-state index is 12.1. The summed E-state index contributed by atoms with van der Waals surface area (Å²) >= 11 is 1.58. The molecule has 2 heterocycles. The number of aromatic nitrogens is 3. The van der Waals surface area contributed by atoms with Gasteiger partial charge in [-0.1, -0.05) is 13.8 Å². The second-order valence-electron chi connectivity index (χ2n) is 4.92. The maximum atomic E-state index is 12.1. The number of rotatable bonds is 3. The SMILES string of the molecule is CS[C@H](C)C(=O)N1CCn2c(nnc2C(C)C)C1. The Morgan fingerprint density at radius 3 is 2.61 bits per heavy atom. The Hall–Kier alpha value is -1.04. The molecule has 1 aliphatic rings. The number of nitrogens with zero attached hydrogens (tertiary/aromatic N) is 4. The number of hydrogen-bond donors (Lipinski definition) is 0. The van der Waals surface area contributed by atoms with Crippen molar-refractivity contribution >= 4 is 17.7 Å². The normalized spacial score (nSPS) is 16.8. The van der Waals surface area contributed by atoms with Crippen LogP contribution >= 0.6 is 11.8 Å². The Kier molecular flexibility index (Phi) is 3.94. The first kappa shape index (κ1) is 13.4. The molecule has 100 valence electrons. The van der Waals surface area contributed by atoms with Crippen molar-refractivity contribution < 1.29 is 4.79 Å². The van der Waals surface area contributed by atoms with Gasteiger partial charge < -0.3 is 9.47 Å². The Bertz CT molecular complexity index is 443. The first-order valence-electron chi connectivity index (χ1n) is 6.28. The fourth-order valence-electron chi connectivity index (χ4n) is 2.15. The zero-order valence-electron chi connectivity index (χ0n) is 11.4. The Morgan fingerprint density at radius 1 is 1.28 bits per heavy atom. The number of hydrogen-bond acceptors (Lipinski definition) is 4. The topological polar surface area (TPSA) is 51.0 Å². The summed E-state index contributed by atoms with van der Waals surface area (Å²) < 4.78 is 2.15. The lowest BCUT2D eigenvalue weighted by Gasteiger charge is -2.29. The molecule has 0 unspecified atom stereocenters. The smallest absolute Gasteiger partial charge is 0.235 e. The van der Waals surface area contributed by atoms with Crippen LogP contribution in [-0.4, -0.2) is 43.6 Å². The summed E-state index contributed by atoms with van der Waals surface area (Å²) in [6.07, 6.45) is 1.96. The van der Waals surface area contributed by atoms with E-state index in [0.29, 0.717) is 12.5 Å². The van der Waals surface area contributed by atoms with E-state index in [1.54, 1.807) is 11.8 Å². The summed E-state index contributed by atoms with van der Waals surface area (Å²) in [5, 5.41) is 8.45. The highest BCUT2D eigenvalue weighted by molar-refractivity contribution is 7.99. The molecule has 6 heteroatoms. The Balaban J connectivity index is 2.14. The molecule has 0 N–H and O–H groups in total. The van der Waals surface area contributed by atoms with Crippen molar-refractivity contribution in [1.29, 1.82) is 0 Å². The summed E-state index contributed by atoms with van der Waals surface area (Å²) in [6, 6.07) is 0. The van der Waals surface area contributed by atoms with Crippen LogP contribution in [0.2, 0.25) is 0 Å². The number of thioether (sulfide) groups is 1. The van der Waals surface area contributed by atoms with Gasteiger partial charge in [-0.2, -0.15) is 11.8 Å². The molecule has 2 rings (SSSR count). The minimum Gasteiger partial charge on any atom is -0.332 e. The van der Waals surface area contributed by atoms with Gasteiger partial charge in [0.05, 0.1) is 11.8 Å². The van der Waals surface area contributed by atoms with Crippen LogP contribution in [0.3, 0.4) is 0 Å². The van der Waals surface area contributed by atoms with Gasteiger partial charge >= 0.3 is 0 Å². The van der Waals surface area contributed by atoms with Crippen LogP contribution in [0.1, 0.15) is 38.3 Å². The fourth-order valence-corrected chi connectivity index (χ4v) is 2.50. The average Bonchev–Trinajstić information content (AvgIpc) is 2.79. The molecule has 0 aromatic carbocycles. The van der Waals surface area contributed by atoms with E-state index in [4.69, 9.17) is 0 Å². The van der Waals surface area contributed by atoms with E-state index in [2.05, 4.69) is 28.6 Å². The van der Waals surface area contributed by atoms with Crippen LogP contribution < -0.4 is 0 Å². The molecule has 0 fully saturated rings. The summed E-state index contributed by atoms with van der Waals surface area (Å²) in [7, 11) is 0. The molecule has 1 atom stereocenters. The van der Waals surface area contributed by atoms with Crippen molar-refractivity contribution in [3.8, 4) is 0 Å². The van der Waals surface area contributed by atoms with E-state index in [-0.39, 0.29) is 11.2 Å². The molecule has 0 aliphatic carbocycles. The Morgan fingerprint density at radius 2 is 2.00 bits per heavy atom. The molecular formula is C12H20N4OS. The van der Waals surface area contributed by atoms with Crippen molar-refractivity contribution in [3.05, 3.63) is 11.6 Å². The van der Waals surface area contributed by atoms with Crippen molar-refractivity contribution in [2.24, 2.45) is 0 Å². The largest absolute Gasteiger partial charge is 0.332 e. The van der Waals surface area contributed by atoms with E-state index >= 15 is 0 Å². The van der Waals surface area contributed by atoms with Crippen molar-refractivity contribution in [1.82, 2.24) is 19.7 Å². The quantitative estimate of drug-likeness (QED) is 0.833. The van der Waals surface area contributed by atoms with E-state index in [0.717, 1.165) is 24.7 Å². The van der Waals surface area contributed by atoms with Crippen LogP contribution in [0.5, 0.6) is 0 Å². The van der Waals surface area contributed by atoms with Crippen molar-refractivity contribution in [3.63, 3.8) is 0 Å². The van der Waals surface area contributed by atoms with Gasteiger partial charge in [0.15, 0.2) is 5.82 Å². The lowest BCUT2D eigenvalue weighted by molar-refractivity contribution is -0.131. The zero-order chi connectivity index (χ0) is 13.3. The molecule has 0 bridgehead atoms. The summed E-state index contributed by atoms with van der Waals surface area (Å²) in [5.74, 6) is 2.50. The molecule has 0 saturated carbocycles. The highest BCUT2D eigenvalue weighted by Gasteiger charge is 2.27. The molecule has 0 spiro atoms. The van der Waals surface area contributed by atoms with Gasteiger partial charge in [-0.05, 0) is 13.2 Å². The second-order valence-corrected chi connectivity index (χ2v) is 6.10. The molecule has 0 saturated heterocycles. The van der Waals surface area contributed by atoms with Gasteiger partial charge in [-0.25, -0.2) is 0 Å². The highest BCUT2D eigenvalue weighted by Crippen LogP contribution is 2.20. The molecule has 5 nitrogen and oxygen atoms in total.